The first-order valence-corrected chi connectivity index (χ1v) is 6.76. The Hall–Kier alpha value is -0.620. The maximum atomic E-state index is 12.0. The number of amides is 1. The SMILES string of the molecule is O=C(NCC1COCCO1)c1cc(Cl)ccc1Br. The van der Waals surface area contributed by atoms with Gasteiger partial charge in [0.25, 0.3) is 5.91 Å². The first-order chi connectivity index (χ1) is 8.66. The lowest BCUT2D eigenvalue weighted by Crippen LogP contribution is -2.39. The van der Waals surface area contributed by atoms with Gasteiger partial charge in [-0.25, -0.2) is 0 Å². The highest BCUT2D eigenvalue weighted by Gasteiger charge is 2.17. The molecule has 0 radical (unpaired) electrons. The van der Waals surface area contributed by atoms with Crippen LogP contribution in [0.25, 0.3) is 0 Å². The number of carbonyl (C=O) groups excluding carboxylic acids is 1. The molecule has 2 rings (SSSR count). The van der Waals surface area contributed by atoms with Crippen molar-refractivity contribution in [3.05, 3.63) is 33.3 Å². The van der Waals surface area contributed by atoms with E-state index in [1.54, 1.807) is 18.2 Å². The number of ether oxygens (including phenoxy) is 2. The molecule has 1 heterocycles. The van der Waals surface area contributed by atoms with E-state index in [1.165, 1.54) is 0 Å². The molecule has 1 aliphatic heterocycles. The molecule has 1 N–H and O–H groups in total. The predicted molar refractivity (Wildman–Crippen MR) is 72.0 cm³/mol. The minimum atomic E-state index is -0.182. The number of benzene rings is 1. The van der Waals surface area contributed by atoms with Crippen molar-refractivity contribution in [3.8, 4) is 0 Å². The van der Waals surface area contributed by atoms with Gasteiger partial charge in [0, 0.05) is 16.0 Å². The predicted octanol–water partition coefficient (Wildman–Crippen LogP) is 2.25. The molecule has 18 heavy (non-hydrogen) atoms. The van der Waals surface area contributed by atoms with Crippen LogP contribution in [0.4, 0.5) is 0 Å². The normalized spacial score (nSPS) is 19.6. The molecule has 1 saturated heterocycles. The Morgan fingerprint density at radius 1 is 1.50 bits per heavy atom. The highest BCUT2D eigenvalue weighted by Crippen LogP contribution is 2.21. The summed E-state index contributed by atoms with van der Waals surface area (Å²) in [5.74, 6) is -0.182. The van der Waals surface area contributed by atoms with Gasteiger partial charge in [0.05, 0.1) is 31.5 Å². The summed E-state index contributed by atoms with van der Waals surface area (Å²) in [5.41, 5.74) is 0.513. The van der Waals surface area contributed by atoms with Crippen molar-refractivity contribution in [2.75, 3.05) is 26.4 Å². The molecule has 1 amide bonds. The van der Waals surface area contributed by atoms with Crippen LogP contribution in [0.15, 0.2) is 22.7 Å². The molecule has 1 aliphatic rings. The zero-order valence-electron chi connectivity index (χ0n) is 9.62. The monoisotopic (exact) mass is 333 g/mol. The van der Waals surface area contributed by atoms with Gasteiger partial charge in [-0.05, 0) is 34.1 Å². The number of carbonyl (C=O) groups is 1. The minimum absolute atomic E-state index is 0.0827. The molecular formula is C12H13BrClNO3. The van der Waals surface area contributed by atoms with Crippen LogP contribution < -0.4 is 5.32 Å². The van der Waals surface area contributed by atoms with Crippen LogP contribution in [0.3, 0.4) is 0 Å². The molecule has 1 atom stereocenters. The van der Waals surface area contributed by atoms with Crippen LogP contribution in [0.5, 0.6) is 0 Å². The second-order valence-electron chi connectivity index (χ2n) is 3.90. The van der Waals surface area contributed by atoms with Crippen molar-refractivity contribution in [1.29, 1.82) is 0 Å². The Balaban J connectivity index is 1.92. The lowest BCUT2D eigenvalue weighted by atomic mass is 10.2. The Morgan fingerprint density at radius 3 is 3.06 bits per heavy atom. The average Bonchev–Trinajstić information content (AvgIpc) is 2.40. The van der Waals surface area contributed by atoms with Gasteiger partial charge in [0.2, 0.25) is 0 Å². The van der Waals surface area contributed by atoms with E-state index in [0.29, 0.717) is 41.4 Å². The molecule has 98 valence electrons. The molecule has 1 aromatic rings. The molecule has 0 aliphatic carbocycles. The van der Waals surface area contributed by atoms with Gasteiger partial charge in [-0.3, -0.25) is 4.79 Å². The van der Waals surface area contributed by atoms with E-state index in [-0.39, 0.29) is 12.0 Å². The van der Waals surface area contributed by atoms with Crippen molar-refractivity contribution < 1.29 is 14.3 Å². The zero-order valence-corrected chi connectivity index (χ0v) is 12.0. The van der Waals surface area contributed by atoms with Crippen LogP contribution in [0.2, 0.25) is 5.02 Å². The van der Waals surface area contributed by atoms with E-state index in [2.05, 4.69) is 21.2 Å². The smallest absolute Gasteiger partial charge is 0.252 e. The summed E-state index contributed by atoms with van der Waals surface area (Å²) >= 11 is 9.19. The molecule has 1 aromatic carbocycles. The van der Waals surface area contributed by atoms with E-state index in [0.717, 1.165) is 0 Å². The van der Waals surface area contributed by atoms with Crippen molar-refractivity contribution >= 4 is 33.4 Å². The van der Waals surface area contributed by atoms with E-state index in [1.807, 2.05) is 0 Å². The fourth-order valence-electron chi connectivity index (χ4n) is 1.63. The number of rotatable bonds is 3. The van der Waals surface area contributed by atoms with Crippen LogP contribution in [0, 0.1) is 0 Å². The summed E-state index contributed by atoms with van der Waals surface area (Å²) in [6, 6.07) is 5.09. The molecule has 4 nitrogen and oxygen atoms in total. The molecule has 0 aromatic heterocycles. The number of hydrogen-bond donors (Lipinski definition) is 1. The van der Waals surface area contributed by atoms with Crippen molar-refractivity contribution in [3.63, 3.8) is 0 Å². The summed E-state index contributed by atoms with van der Waals surface area (Å²) in [6.45, 7) is 2.13. The quantitative estimate of drug-likeness (QED) is 0.922. The molecule has 1 fully saturated rings. The lowest BCUT2D eigenvalue weighted by molar-refractivity contribution is -0.0855. The Labute approximate surface area is 119 Å². The fourth-order valence-corrected chi connectivity index (χ4v) is 2.23. The van der Waals surface area contributed by atoms with Gasteiger partial charge in [-0.2, -0.15) is 0 Å². The van der Waals surface area contributed by atoms with Crippen molar-refractivity contribution in [2.24, 2.45) is 0 Å². The van der Waals surface area contributed by atoms with Gasteiger partial charge in [-0.1, -0.05) is 11.6 Å². The van der Waals surface area contributed by atoms with Gasteiger partial charge >= 0.3 is 0 Å². The summed E-state index contributed by atoms with van der Waals surface area (Å²) in [5, 5.41) is 3.33. The topological polar surface area (TPSA) is 47.6 Å². The van der Waals surface area contributed by atoms with Gasteiger partial charge in [0.1, 0.15) is 0 Å². The Bertz CT molecular complexity index is 435. The lowest BCUT2D eigenvalue weighted by Gasteiger charge is -2.23. The first kappa shape index (κ1) is 13.8. The van der Waals surface area contributed by atoms with Crippen LogP contribution in [0.1, 0.15) is 10.4 Å². The summed E-state index contributed by atoms with van der Waals surface area (Å²) in [6.07, 6.45) is -0.0827. The average molecular weight is 335 g/mol. The number of nitrogens with one attached hydrogen (secondary N) is 1. The molecule has 1 unspecified atom stereocenters. The van der Waals surface area contributed by atoms with Crippen LogP contribution >= 0.6 is 27.5 Å². The molecule has 0 spiro atoms. The van der Waals surface area contributed by atoms with Gasteiger partial charge in [0.15, 0.2) is 0 Å². The number of halogens is 2. The van der Waals surface area contributed by atoms with Gasteiger partial charge < -0.3 is 14.8 Å². The fraction of sp³-hybridized carbons (Fsp3) is 0.417. The maximum Gasteiger partial charge on any atom is 0.252 e. The molecule has 0 saturated carbocycles. The Morgan fingerprint density at radius 2 is 2.33 bits per heavy atom. The van der Waals surface area contributed by atoms with E-state index in [4.69, 9.17) is 21.1 Å². The largest absolute Gasteiger partial charge is 0.376 e. The first-order valence-electron chi connectivity index (χ1n) is 5.59. The highest BCUT2D eigenvalue weighted by atomic mass is 79.9. The van der Waals surface area contributed by atoms with Crippen LogP contribution in [-0.4, -0.2) is 38.4 Å². The van der Waals surface area contributed by atoms with Crippen LogP contribution in [-0.2, 0) is 9.47 Å². The van der Waals surface area contributed by atoms with E-state index >= 15 is 0 Å². The van der Waals surface area contributed by atoms with Crippen molar-refractivity contribution in [1.82, 2.24) is 5.32 Å². The number of hydrogen-bond acceptors (Lipinski definition) is 3. The highest BCUT2D eigenvalue weighted by molar-refractivity contribution is 9.10. The zero-order chi connectivity index (χ0) is 13.0. The second kappa shape index (κ2) is 6.52. The van der Waals surface area contributed by atoms with E-state index in [9.17, 15) is 4.79 Å². The minimum Gasteiger partial charge on any atom is -0.376 e. The van der Waals surface area contributed by atoms with Gasteiger partial charge in [-0.15, -0.1) is 0 Å². The third-order valence-electron chi connectivity index (χ3n) is 2.55. The van der Waals surface area contributed by atoms with Crippen molar-refractivity contribution in [2.45, 2.75) is 6.10 Å². The second-order valence-corrected chi connectivity index (χ2v) is 5.19. The standard InChI is InChI=1S/C12H13BrClNO3/c13-11-2-1-8(14)5-10(11)12(16)15-6-9-7-17-3-4-18-9/h1-2,5,9H,3-4,6-7H2,(H,15,16). The summed E-state index contributed by atoms with van der Waals surface area (Å²) in [4.78, 5) is 12.0. The molecule has 6 heteroatoms. The maximum absolute atomic E-state index is 12.0. The van der Waals surface area contributed by atoms with E-state index < -0.39 is 0 Å². The molecular weight excluding hydrogens is 321 g/mol. The summed E-state index contributed by atoms with van der Waals surface area (Å²) < 4.78 is 11.4. The molecule has 0 bridgehead atoms. The summed E-state index contributed by atoms with van der Waals surface area (Å²) in [7, 11) is 0. The third kappa shape index (κ3) is 3.68. The Kier molecular flexibility index (Phi) is 5.00. The third-order valence-corrected chi connectivity index (χ3v) is 3.47.